The van der Waals surface area contributed by atoms with Crippen LogP contribution in [0.1, 0.15) is 30.9 Å². The predicted octanol–water partition coefficient (Wildman–Crippen LogP) is 2.02. The summed E-state index contributed by atoms with van der Waals surface area (Å²) in [5.74, 6) is -1.85. The van der Waals surface area contributed by atoms with Crippen LogP contribution >= 0.6 is 0 Å². The maximum absolute atomic E-state index is 12.3. The number of carboxylic acids is 1. The van der Waals surface area contributed by atoms with E-state index in [0.717, 1.165) is 12.0 Å². The van der Waals surface area contributed by atoms with Crippen LogP contribution in [0, 0.1) is 23.2 Å². The molecule has 21 heavy (non-hydrogen) atoms. The number of carbonyl (C=O) groups excluding carboxylic acids is 1. The first-order chi connectivity index (χ1) is 10.1. The number of rotatable bonds is 6. The van der Waals surface area contributed by atoms with E-state index in [-0.39, 0.29) is 11.8 Å². The highest BCUT2D eigenvalue weighted by atomic mass is 16.4. The maximum atomic E-state index is 12.3. The smallest absolute Gasteiger partial charge is 0.307 e. The molecule has 5 nitrogen and oxygen atoms in total. The molecule has 1 aliphatic rings. The summed E-state index contributed by atoms with van der Waals surface area (Å²) >= 11 is 0. The van der Waals surface area contributed by atoms with Gasteiger partial charge in [0.15, 0.2) is 0 Å². The van der Waals surface area contributed by atoms with Crippen LogP contribution in [0.25, 0.3) is 0 Å². The standard InChI is InChI=1S/C16H18N2O3/c1-2-7-18(15(19)13-8-14(13)16(20)21)10-12-5-3-11(9-17)4-6-12/h3-6,13-14H,2,7-8,10H2,1H3,(H,20,21)/t13-,14+/m1/s1. The number of amides is 1. The minimum atomic E-state index is -0.886. The van der Waals surface area contributed by atoms with Crippen molar-refractivity contribution in [2.75, 3.05) is 6.54 Å². The number of nitriles is 1. The number of carbonyl (C=O) groups is 2. The maximum Gasteiger partial charge on any atom is 0.307 e. The third-order valence-corrected chi connectivity index (χ3v) is 3.69. The highest BCUT2D eigenvalue weighted by Crippen LogP contribution is 2.40. The van der Waals surface area contributed by atoms with E-state index in [1.165, 1.54) is 0 Å². The van der Waals surface area contributed by atoms with Crippen molar-refractivity contribution in [3.8, 4) is 6.07 Å². The molecule has 1 aromatic carbocycles. The summed E-state index contributed by atoms with van der Waals surface area (Å²) in [6.07, 6.45) is 1.27. The van der Waals surface area contributed by atoms with Crippen molar-refractivity contribution >= 4 is 11.9 Å². The fourth-order valence-electron chi connectivity index (χ4n) is 2.42. The Kier molecular flexibility index (Phi) is 4.59. The van der Waals surface area contributed by atoms with Crippen molar-refractivity contribution in [1.29, 1.82) is 5.26 Å². The Morgan fingerprint density at radius 1 is 1.33 bits per heavy atom. The van der Waals surface area contributed by atoms with Gasteiger partial charge in [-0.25, -0.2) is 0 Å². The lowest BCUT2D eigenvalue weighted by molar-refractivity contribution is -0.142. The summed E-state index contributed by atoms with van der Waals surface area (Å²) in [5, 5.41) is 17.7. The topological polar surface area (TPSA) is 81.4 Å². The van der Waals surface area contributed by atoms with Gasteiger partial charge in [-0.1, -0.05) is 19.1 Å². The molecule has 0 heterocycles. The Hall–Kier alpha value is -2.35. The van der Waals surface area contributed by atoms with Gasteiger partial charge in [-0.15, -0.1) is 0 Å². The van der Waals surface area contributed by atoms with Crippen molar-refractivity contribution in [2.24, 2.45) is 11.8 Å². The van der Waals surface area contributed by atoms with E-state index in [0.29, 0.717) is 25.1 Å². The van der Waals surface area contributed by atoms with Gasteiger partial charge >= 0.3 is 5.97 Å². The van der Waals surface area contributed by atoms with Crippen molar-refractivity contribution in [2.45, 2.75) is 26.3 Å². The summed E-state index contributed by atoms with van der Waals surface area (Å²) in [4.78, 5) is 24.9. The van der Waals surface area contributed by atoms with Crippen LogP contribution in [-0.2, 0) is 16.1 Å². The lowest BCUT2D eigenvalue weighted by atomic mass is 10.1. The second kappa shape index (κ2) is 6.40. The number of nitrogens with zero attached hydrogens (tertiary/aromatic N) is 2. The molecule has 1 aromatic rings. The predicted molar refractivity (Wildman–Crippen MR) is 76.1 cm³/mol. The van der Waals surface area contributed by atoms with E-state index in [4.69, 9.17) is 10.4 Å². The van der Waals surface area contributed by atoms with E-state index in [1.54, 1.807) is 17.0 Å². The zero-order valence-corrected chi connectivity index (χ0v) is 12.0. The summed E-state index contributed by atoms with van der Waals surface area (Å²) < 4.78 is 0. The van der Waals surface area contributed by atoms with E-state index >= 15 is 0 Å². The Morgan fingerprint density at radius 3 is 2.48 bits per heavy atom. The average molecular weight is 286 g/mol. The van der Waals surface area contributed by atoms with Crippen molar-refractivity contribution in [3.05, 3.63) is 35.4 Å². The first kappa shape index (κ1) is 15.0. The SMILES string of the molecule is CCCN(Cc1ccc(C#N)cc1)C(=O)[C@@H]1C[C@@H]1C(=O)O. The van der Waals surface area contributed by atoms with Crippen molar-refractivity contribution in [1.82, 2.24) is 4.90 Å². The van der Waals surface area contributed by atoms with Crippen LogP contribution in [0.15, 0.2) is 24.3 Å². The molecule has 1 saturated carbocycles. The minimum absolute atomic E-state index is 0.0754. The van der Waals surface area contributed by atoms with Gasteiger partial charge in [0, 0.05) is 13.1 Å². The van der Waals surface area contributed by atoms with E-state index < -0.39 is 11.9 Å². The van der Waals surface area contributed by atoms with Crippen LogP contribution in [0.4, 0.5) is 0 Å². The molecule has 1 amide bonds. The summed E-state index contributed by atoms with van der Waals surface area (Å²) in [7, 11) is 0. The number of benzene rings is 1. The molecular weight excluding hydrogens is 268 g/mol. The molecular formula is C16H18N2O3. The largest absolute Gasteiger partial charge is 0.481 e. The molecule has 0 aromatic heterocycles. The van der Waals surface area contributed by atoms with Crippen LogP contribution < -0.4 is 0 Å². The molecule has 5 heteroatoms. The molecule has 0 unspecified atom stereocenters. The van der Waals surface area contributed by atoms with Gasteiger partial charge in [0.25, 0.3) is 0 Å². The van der Waals surface area contributed by atoms with E-state index in [1.807, 2.05) is 19.1 Å². The molecule has 1 fully saturated rings. The van der Waals surface area contributed by atoms with Gasteiger partial charge in [-0.2, -0.15) is 5.26 Å². The van der Waals surface area contributed by atoms with Crippen LogP contribution in [-0.4, -0.2) is 28.4 Å². The summed E-state index contributed by atoms with van der Waals surface area (Å²) in [5.41, 5.74) is 1.53. The molecule has 2 rings (SSSR count). The van der Waals surface area contributed by atoms with Gasteiger partial charge < -0.3 is 10.0 Å². The first-order valence-corrected chi connectivity index (χ1v) is 7.07. The molecule has 1 N–H and O–H groups in total. The zero-order valence-electron chi connectivity index (χ0n) is 12.0. The summed E-state index contributed by atoms with van der Waals surface area (Å²) in [6, 6.07) is 9.16. The molecule has 2 atom stereocenters. The first-order valence-electron chi connectivity index (χ1n) is 7.07. The second-order valence-corrected chi connectivity index (χ2v) is 5.36. The molecule has 0 radical (unpaired) electrons. The van der Waals surface area contributed by atoms with Gasteiger partial charge in [0.05, 0.1) is 23.5 Å². The fourth-order valence-corrected chi connectivity index (χ4v) is 2.42. The van der Waals surface area contributed by atoms with Crippen molar-refractivity contribution < 1.29 is 14.7 Å². The number of aliphatic carboxylic acids is 1. The average Bonchev–Trinajstić information content (AvgIpc) is 3.27. The number of carboxylic acid groups (broad SMARTS) is 1. The number of hydrogen-bond acceptors (Lipinski definition) is 3. The third kappa shape index (κ3) is 3.60. The quantitative estimate of drug-likeness (QED) is 0.867. The van der Waals surface area contributed by atoms with Crippen LogP contribution in [0.5, 0.6) is 0 Å². The molecule has 110 valence electrons. The molecule has 0 spiro atoms. The minimum Gasteiger partial charge on any atom is -0.481 e. The second-order valence-electron chi connectivity index (χ2n) is 5.36. The molecule has 1 aliphatic carbocycles. The van der Waals surface area contributed by atoms with Crippen LogP contribution in [0.2, 0.25) is 0 Å². The van der Waals surface area contributed by atoms with Crippen LogP contribution in [0.3, 0.4) is 0 Å². The van der Waals surface area contributed by atoms with Gasteiger partial charge in [0.1, 0.15) is 0 Å². The van der Waals surface area contributed by atoms with Gasteiger partial charge in [0.2, 0.25) is 5.91 Å². The monoisotopic (exact) mass is 286 g/mol. The normalized spacial score (nSPS) is 19.6. The lowest BCUT2D eigenvalue weighted by Gasteiger charge is -2.22. The van der Waals surface area contributed by atoms with Crippen molar-refractivity contribution in [3.63, 3.8) is 0 Å². The van der Waals surface area contributed by atoms with Gasteiger partial charge in [-0.05, 0) is 30.5 Å². The molecule has 0 bridgehead atoms. The van der Waals surface area contributed by atoms with Gasteiger partial charge in [-0.3, -0.25) is 9.59 Å². The Balaban J connectivity index is 2.03. The highest BCUT2D eigenvalue weighted by Gasteiger charge is 2.49. The Bertz CT molecular complexity index is 574. The van der Waals surface area contributed by atoms with E-state index in [9.17, 15) is 9.59 Å². The summed E-state index contributed by atoms with van der Waals surface area (Å²) in [6.45, 7) is 3.06. The fraction of sp³-hybridized carbons (Fsp3) is 0.438. The molecule has 0 aliphatic heterocycles. The van der Waals surface area contributed by atoms with E-state index in [2.05, 4.69) is 6.07 Å². The number of hydrogen-bond donors (Lipinski definition) is 1. The third-order valence-electron chi connectivity index (χ3n) is 3.69. The Labute approximate surface area is 123 Å². The highest BCUT2D eigenvalue weighted by molar-refractivity contribution is 5.89. The lowest BCUT2D eigenvalue weighted by Crippen LogP contribution is -2.33. The molecule has 0 saturated heterocycles. The Morgan fingerprint density at radius 2 is 2.00 bits per heavy atom. The zero-order chi connectivity index (χ0) is 15.4.